The molecule has 19 heavy (non-hydrogen) atoms. The van der Waals surface area contributed by atoms with E-state index in [-0.39, 0.29) is 5.60 Å². The Morgan fingerprint density at radius 3 is 2.26 bits per heavy atom. The summed E-state index contributed by atoms with van der Waals surface area (Å²) in [7, 11) is 1.82. The van der Waals surface area contributed by atoms with Crippen molar-refractivity contribution >= 4 is 0 Å². The maximum Gasteiger partial charge on any atom is 0.0746 e. The van der Waals surface area contributed by atoms with Crippen LogP contribution < -0.4 is 5.32 Å². The molecule has 0 aliphatic heterocycles. The Morgan fingerprint density at radius 1 is 0.947 bits per heavy atom. The molecule has 0 aromatic carbocycles. The highest BCUT2D eigenvalue weighted by Gasteiger charge is 2.33. The fraction of sp³-hybridized carbons (Fsp3) is 1.00. The smallest absolute Gasteiger partial charge is 0.0746 e. The maximum atomic E-state index is 5.55. The van der Waals surface area contributed by atoms with Gasteiger partial charge in [0.2, 0.25) is 0 Å². The van der Waals surface area contributed by atoms with E-state index in [0.29, 0.717) is 0 Å². The third-order valence-corrected chi connectivity index (χ3v) is 5.42. The van der Waals surface area contributed by atoms with Crippen LogP contribution in [0.25, 0.3) is 0 Å². The SMILES string of the molecule is COC(C)(C)CNC1CCCCC1C1CCCCC1. The lowest BCUT2D eigenvalue weighted by molar-refractivity contribution is 0.0152. The Labute approximate surface area is 119 Å². The van der Waals surface area contributed by atoms with E-state index in [1.807, 2.05) is 7.11 Å². The minimum absolute atomic E-state index is 0.0332. The van der Waals surface area contributed by atoms with Gasteiger partial charge in [0.25, 0.3) is 0 Å². The van der Waals surface area contributed by atoms with Gasteiger partial charge in [0.15, 0.2) is 0 Å². The monoisotopic (exact) mass is 267 g/mol. The molecular formula is C17H33NO. The van der Waals surface area contributed by atoms with Crippen molar-refractivity contribution in [3.05, 3.63) is 0 Å². The van der Waals surface area contributed by atoms with Gasteiger partial charge in [-0.05, 0) is 38.5 Å². The lowest BCUT2D eigenvalue weighted by Crippen LogP contribution is -2.48. The molecule has 0 amide bonds. The molecule has 0 spiro atoms. The maximum absolute atomic E-state index is 5.55. The van der Waals surface area contributed by atoms with E-state index in [0.717, 1.165) is 24.4 Å². The summed E-state index contributed by atoms with van der Waals surface area (Å²) in [5.74, 6) is 1.93. The second-order valence-electron chi connectivity index (χ2n) is 7.30. The molecule has 0 aromatic rings. The Kier molecular flexibility index (Phi) is 5.70. The molecule has 0 saturated heterocycles. The van der Waals surface area contributed by atoms with E-state index < -0.39 is 0 Å². The molecule has 2 aliphatic rings. The van der Waals surface area contributed by atoms with Crippen LogP contribution in [0.1, 0.15) is 71.6 Å². The predicted molar refractivity (Wildman–Crippen MR) is 81.4 cm³/mol. The zero-order valence-electron chi connectivity index (χ0n) is 13.2. The van der Waals surface area contributed by atoms with Crippen LogP contribution in [0.5, 0.6) is 0 Å². The highest BCUT2D eigenvalue weighted by molar-refractivity contribution is 4.88. The van der Waals surface area contributed by atoms with Crippen LogP contribution in [0, 0.1) is 11.8 Å². The van der Waals surface area contributed by atoms with Crippen LogP contribution in [0.4, 0.5) is 0 Å². The standard InChI is InChI=1S/C17H33NO/c1-17(2,19-3)13-18-16-12-8-7-11-15(16)14-9-5-4-6-10-14/h14-16,18H,4-13H2,1-3H3. The van der Waals surface area contributed by atoms with Crippen molar-refractivity contribution in [2.75, 3.05) is 13.7 Å². The van der Waals surface area contributed by atoms with Gasteiger partial charge in [-0.1, -0.05) is 44.9 Å². The minimum Gasteiger partial charge on any atom is -0.377 e. The Hall–Kier alpha value is -0.0800. The van der Waals surface area contributed by atoms with Gasteiger partial charge in [0.1, 0.15) is 0 Å². The number of rotatable bonds is 5. The average molecular weight is 267 g/mol. The third kappa shape index (κ3) is 4.46. The minimum atomic E-state index is -0.0332. The first kappa shape index (κ1) is 15.3. The van der Waals surface area contributed by atoms with Gasteiger partial charge in [-0.2, -0.15) is 0 Å². The van der Waals surface area contributed by atoms with Crippen LogP contribution >= 0.6 is 0 Å². The van der Waals surface area contributed by atoms with Gasteiger partial charge in [-0.25, -0.2) is 0 Å². The first-order chi connectivity index (χ1) is 9.12. The molecule has 2 unspecified atom stereocenters. The van der Waals surface area contributed by atoms with Gasteiger partial charge in [0.05, 0.1) is 5.60 Å². The summed E-state index contributed by atoms with van der Waals surface area (Å²) in [4.78, 5) is 0. The normalized spacial score (nSPS) is 30.5. The summed E-state index contributed by atoms with van der Waals surface area (Å²) in [6.07, 6.45) is 13.1. The second-order valence-corrected chi connectivity index (χ2v) is 7.30. The van der Waals surface area contributed by atoms with Gasteiger partial charge < -0.3 is 10.1 Å². The van der Waals surface area contributed by atoms with E-state index in [1.54, 1.807) is 0 Å². The van der Waals surface area contributed by atoms with Crippen molar-refractivity contribution in [3.8, 4) is 0 Å². The van der Waals surface area contributed by atoms with Crippen molar-refractivity contribution < 1.29 is 4.74 Å². The Morgan fingerprint density at radius 2 is 1.58 bits per heavy atom. The van der Waals surface area contributed by atoms with Crippen molar-refractivity contribution in [2.24, 2.45) is 11.8 Å². The third-order valence-electron chi connectivity index (χ3n) is 5.42. The lowest BCUT2D eigenvalue weighted by Gasteiger charge is -2.40. The van der Waals surface area contributed by atoms with E-state index in [1.165, 1.54) is 57.8 Å². The van der Waals surface area contributed by atoms with Crippen LogP contribution in [-0.4, -0.2) is 25.3 Å². The summed E-state index contributed by atoms with van der Waals surface area (Å²) in [6, 6.07) is 0.742. The van der Waals surface area contributed by atoms with Gasteiger partial charge in [0, 0.05) is 19.7 Å². The molecule has 0 heterocycles. The van der Waals surface area contributed by atoms with Crippen molar-refractivity contribution in [1.82, 2.24) is 5.32 Å². The van der Waals surface area contributed by atoms with Gasteiger partial charge in [-0.15, -0.1) is 0 Å². The summed E-state index contributed by atoms with van der Waals surface area (Å²) in [5.41, 5.74) is -0.0332. The molecule has 1 N–H and O–H groups in total. The highest BCUT2D eigenvalue weighted by Crippen LogP contribution is 2.38. The number of nitrogens with one attached hydrogen (secondary N) is 1. The van der Waals surface area contributed by atoms with Crippen LogP contribution in [0.15, 0.2) is 0 Å². The molecule has 2 saturated carbocycles. The molecule has 0 bridgehead atoms. The molecule has 2 fully saturated rings. The van der Waals surface area contributed by atoms with Crippen LogP contribution in [0.2, 0.25) is 0 Å². The Balaban J connectivity index is 1.88. The largest absolute Gasteiger partial charge is 0.377 e. The lowest BCUT2D eigenvalue weighted by atomic mass is 9.71. The van der Waals surface area contributed by atoms with Crippen molar-refractivity contribution in [1.29, 1.82) is 0 Å². The van der Waals surface area contributed by atoms with E-state index in [9.17, 15) is 0 Å². The quantitative estimate of drug-likeness (QED) is 0.808. The van der Waals surface area contributed by atoms with Gasteiger partial charge >= 0.3 is 0 Å². The fourth-order valence-electron chi connectivity index (χ4n) is 3.99. The van der Waals surface area contributed by atoms with E-state index >= 15 is 0 Å². The van der Waals surface area contributed by atoms with Crippen LogP contribution in [0.3, 0.4) is 0 Å². The van der Waals surface area contributed by atoms with Crippen molar-refractivity contribution in [3.63, 3.8) is 0 Å². The number of methoxy groups -OCH3 is 1. The summed E-state index contributed by atoms with van der Waals surface area (Å²) in [5, 5.41) is 3.84. The number of hydrogen-bond donors (Lipinski definition) is 1. The molecule has 0 radical (unpaired) electrons. The topological polar surface area (TPSA) is 21.3 Å². The fourth-order valence-corrected chi connectivity index (χ4v) is 3.99. The predicted octanol–water partition coefficient (Wildman–Crippen LogP) is 4.14. The molecule has 112 valence electrons. The highest BCUT2D eigenvalue weighted by atomic mass is 16.5. The average Bonchev–Trinajstić information content (AvgIpc) is 2.46. The van der Waals surface area contributed by atoms with Gasteiger partial charge in [-0.3, -0.25) is 0 Å². The Bertz CT molecular complexity index is 258. The second kappa shape index (κ2) is 7.08. The van der Waals surface area contributed by atoms with E-state index in [2.05, 4.69) is 19.2 Å². The zero-order chi connectivity index (χ0) is 13.7. The van der Waals surface area contributed by atoms with E-state index in [4.69, 9.17) is 4.74 Å². The van der Waals surface area contributed by atoms with Crippen LogP contribution in [-0.2, 0) is 4.74 Å². The number of hydrogen-bond acceptors (Lipinski definition) is 2. The molecule has 2 aliphatic carbocycles. The number of ether oxygens (including phenoxy) is 1. The molecular weight excluding hydrogens is 234 g/mol. The first-order valence-electron chi connectivity index (χ1n) is 8.41. The molecule has 2 rings (SSSR count). The molecule has 2 atom stereocenters. The summed E-state index contributed by atoms with van der Waals surface area (Å²) >= 11 is 0. The first-order valence-corrected chi connectivity index (χ1v) is 8.41. The molecule has 2 heteroatoms. The van der Waals surface area contributed by atoms with Crippen molar-refractivity contribution in [2.45, 2.75) is 83.3 Å². The summed E-state index contributed by atoms with van der Waals surface area (Å²) in [6.45, 7) is 5.34. The zero-order valence-corrected chi connectivity index (χ0v) is 13.2. The molecule has 2 nitrogen and oxygen atoms in total. The summed E-state index contributed by atoms with van der Waals surface area (Å²) < 4.78 is 5.55. The molecule has 0 aromatic heterocycles.